The van der Waals surface area contributed by atoms with Gasteiger partial charge in [0.1, 0.15) is 0 Å². The second-order valence-corrected chi connectivity index (χ2v) is 8.95. The van der Waals surface area contributed by atoms with Crippen molar-refractivity contribution in [2.45, 2.75) is 31.8 Å². The summed E-state index contributed by atoms with van der Waals surface area (Å²) < 4.78 is 1.13. The smallest absolute Gasteiger partial charge is 0.172 e. The monoisotopic (exact) mass is 462 g/mol. The number of fused-ring (bicyclic) bond motifs is 2. The standard InChI is InChI=1S/C26H27BrN2O/c27-24-11-10-21-13-15-29(18-23(21)17-24)14-3-6-25(28)26(30)12-8-19-7-9-20-4-1-2-5-22(20)16-19/h1-2,4-5,7-12,16-17,25H,3,6,13-15,18,28H2/b12-8+. The molecule has 30 heavy (non-hydrogen) atoms. The molecule has 0 fully saturated rings. The number of hydrogen-bond acceptors (Lipinski definition) is 3. The highest BCUT2D eigenvalue weighted by molar-refractivity contribution is 9.10. The SMILES string of the molecule is NC(CCCN1CCc2ccc(Br)cc2C1)C(=O)/C=C/c1ccc2ccccc2c1. The quantitative estimate of drug-likeness (QED) is 0.481. The van der Waals surface area contributed by atoms with Crippen LogP contribution in [0.3, 0.4) is 0 Å². The second-order valence-electron chi connectivity index (χ2n) is 8.03. The number of ketones is 1. The molecule has 1 aliphatic rings. The van der Waals surface area contributed by atoms with Gasteiger partial charge < -0.3 is 5.73 Å². The maximum Gasteiger partial charge on any atom is 0.172 e. The molecule has 154 valence electrons. The summed E-state index contributed by atoms with van der Waals surface area (Å²) in [7, 11) is 0. The minimum absolute atomic E-state index is 0.00363. The van der Waals surface area contributed by atoms with Crippen LogP contribution in [0.15, 0.2) is 71.2 Å². The van der Waals surface area contributed by atoms with Crippen LogP contribution in [0.4, 0.5) is 0 Å². The number of carbonyl (C=O) groups is 1. The van der Waals surface area contributed by atoms with Gasteiger partial charge in [-0.15, -0.1) is 0 Å². The summed E-state index contributed by atoms with van der Waals surface area (Å²) >= 11 is 3.56. The third-order valence-corrected chi connectivity index (χ3v) is 6.32. The molecule has 0 radical (unpaired) electrons. The molecule has 1 aliphatic heterocycles. The summed E-state index contributed by atoms with van der Waals surface area (Å²) in [5, 5.41) is 2.37. The van der Waals surface area contributed by atoms with Gasteiger partial charge in [0.05, 0.1) is 6.04 Å². The first-order valence-corrected chi connectivity index (χ1v) is 11.3. The molecule has 0 spiro atoms. The van der Waals surface area contributed by atoms with Crippen LogP contribution in [-0.4, -0.2) is 29.8 Å². The van der Waals surface area contributed by atoms with E-state index in [0.29, 0.717) is 6.42 Å². The van der Waals surface area contributed by atoms with Crippen molar-refractivity contribution < 1.29 is 4.79 Å². The zero-order valence-corrected chi connectivity index (χ0v) is 18.6. The molecule has 1 unspecified atom stereocenters. The van der Waals surface area contributed by atoms with E-state index in [0.717, 1.165) is 42.5 Å². The maximum absolute atomic E-state index is 12.4. The predicted molar refractivity (Wildman–Crippen MR) is 128 cm³/mol. The average Bonchev–Trinajstić information content (AvgIpc) is 2.77. The van der Waals surface area contributed by atoms with Gasteiger partial charge in [0.15, 0.2) is 5.78 Å². The Labute approximate surface area is 186 Å². The molecule has 1 atom stereocenters. The van der Waals surface area contributed by atoms with E-state index >= 15 is 0 Å². The average molecular weight is 463 g/mol. The molecule has 4 heteroatoms. The summed E-state index contributed by atoms with van der Waals surface area (Å²) in [5.74, 6) is -0.00363. The predicted octanol–water partition coefficient (Wildman–Crippen LogP) is 5.35. The first-order chi connectivity index (χ1) is 14.6. The molecule has 3 aromatic carbocycles. The van der Waals surface area contributed by atoms with Crippen molar-refractivity contribution in [1.29, 1.82) is 0 Å². The van der Waals surface area contributed by atoms with E-state index in [4.69, 9.17) is 5.73 Å². The Bertz CT molecular complexity index is 1080. The fraction of sp³-hybridized carbons (Fsp3) is 0.269. The molecule has 3 nitrogen and oxygen atoms in total. The van der Waals surface area contributed by atoms with E-state index in [9.17, 15) is 4.79 Å². The molecule has 0 bridgehead atoms. The van der Waals surface area contributed by atoms with Crippen LogP contribution in [0.1, 0.15) is 29.5 Å². The molecule has 3 aromatic rings. The highest BCUT2D eigenvalue weighted by atomic mass is 79.9. The minimum atomic E-state index is -0.437. The molecule has 0 saturated carbocycles. The summed E-state index contributed by atoms with van der Waals surface area (Å²) in [6.07, 6.45) is 6.22. The van der Waals surface area contributed by atoms with Gasteiger partial charge in [-0.3, -0.25) is 9.69 Å². The number of carbonyl (C=O) groups excluding carboxylic acids is 1. The summed E-state index contributed by atoms with van der Waals surface area (Å²) in [6, 6.07) is 20.5. The van der Waals surface area contributed by atoms with Gasteiger partial charge in [0.2, 0.25) is 0 Å². The number of nitrogens with zero attached hydrogens (tertiary/aromatic N) is 1. The lowest BCUT2D eigenvalue weighted by Crippen LogP contribution is -2.34. The van der Waals surface area contributed by atoms with Crippen LogP contribution in [0.2, 0.25) is 0 Å². The van der Waals surface area contributed by atoms with Crippen LogP contribution in [0.5, 0.6) is 0 Å². The van der Waals surface area contributed by atoms with E-state index in [2.05, 4.69) is 63.3 Å². The van der Waals surface area contributed by atoms with Crippen molar-refractivity contribution in [3.63, 3.8) is 0 Å². The Morgan fingerprint density at radius 1 is 1.07 bits per heavy atom. The van der Waals surface area contributed by atoms with Crippen LogP contribution in [0, 0.1) is 0 Å². The van der Waals surface area contributed by atoms with Crippen LogP contribution < -0.4 is 5.73 Å². The maximum atomic E-state index is 12.4. The van der Waals surface area contributed by atoms with E-state index in [1.807, 2.05) is 24.3 Å². The van der Waals surface area contributed by atoms with Gasteiger partial charge in [-0.25, -0.2) is 0 Å². The Kier molecular flexibility index (Phi) is 6.78. The van der Waals surface area contributed by atoms with Gasteiger partial charge in [0.25, 0.3) is 0 Å². The Balaban J connectivity index is 1.26. The molecule has 2 N–H and O–H groups in total. The molecular weight excluding hydrogens is 436 g/mol. The molecule has 0 amide bonds. The Morgan fingerprint density at radius 3 is 2.77 bits per heavy atom. The molecule has 0 aromatic heterocycles. The molecule has 4 rings (SSSR count). The first-order valence-electron chi connectivity index (χ1n) is 10.5. The van der Waals surface area contributed by atoms with Crippen molar-refractivity contribution in [3.05, 3.63) is 87.9 Å². The van der Waals surface area contributed by atoms with E-state index < -0.39 is 6.04 Å². The van der Waals surface area contributed by atoms with Gasteiger partial charge in [-0.1, -0.05) is 64.5 Å². The number of hydrogen-bond donors (Lipinski definition) is 1. The van der Waals surface area contributed by atoms with Crippen molar-refractivity contribution in [3.8, 4) is 0 Å². The fourth-order valence-corrected chi connectivity index (χ4v) is 4.47. The van der Waals surface area contributed by atoms with E-state index in [1.54, 1.807) is 6.08 Å². The Hall–Kier alpha value is -2.27. The van der Waals surface area contributed by atoms with Crippen LogP contribution >= 0.6 is 15.9 Å². The zero-order valence-electron chi connectivity index (χ0n) is 17.1. The normalized spacial score (nSPS) is 15.4. The highest BCUT2D eigenvalue weighted by Gasteiger charge is 2.17. The van der Waals surface area contributed by atoms with Crippen LogP contribution in [0.25, 0.3) is 16.8 Å². The zero-order chi connectivity index (χ0) is 20.9. The topological polar surface area (TPSA) is 46.3 Å². The lowest BCUT2D eigenvalue weighted by atomic mass is 9.99. The lowest BCUT2D eigenvalue weighted by molar-refractivity contribution is -0.115. The largest absolute Gasteiger partial charge is 0.321 e. The van der Waals surface area contributed by atoms with Crippen molar-refractivity contribution in [2.24, 2.45) is 5.73 Å². The second kappa shape index (κ2) is 9.69. The fourth-order valence-electron chi connectivity index (χ4n) is 4.07. The molecule has 0 aliphatic carbocycles. The van der Waals surface area contributed by atoms with E-state index in [-0.39, 0.29) is 5.78 Å². The molecular formula is C26H27BrN2O. The first kappa shape index (κ1) is 21.0. The number of nitrogens with two attached hydrogens (primary N) is 1. The van der Waals surface area contributed by atoms with E-state index in [1.165, 1.54) is 21.9 Å². The van der Waals surface area contributed by atoms with Crippen molar-refractivity contribution in [2.75, 3.05) is 13.1 Å². The number of rotatable bonds is 7. The highest BCUT2D eigenvalue weighted by Crippen LogP contribution is 2.23. The third-order valence-electron chi connectivity index (χ3n) is 5.83. The van der Waals surface area contributed by atoms with Gasteiger partial charge in [0, 0.05) is 17.6 Å². The minimum Gasteiger partial charge on any atom is -0.321 e. The van der Waals surface area contributed by atoms with Crippen LogP contribution in [-0.2, 0) is 17.8 Å². The lowest BCUT2D eigenvalue weighted by Gasteiger charge is -2.29. The summed E-state index contributed by atoms with van der Waals surface area (Å²) in [4.78, 5) is 14.9. The van der Waals surface area contributed by atoms with Crippen molar-refractivity contribution in [1.82, 2.24) is 4.90 Å². The van der Waals surface area contributed by atoms with Gasteiger partial charge in [-0.2, -0.15) is 0 Å². The third kappa shape index (κ3) is 5.25. The number of benzene rings is 3. The van der Waals surface area contributed by atoms with Gasteiger partial charge >= 0.3 is 0 Å². The molecule has 0 saturated heterocycles. The Morgan fingerprint density at radius 2 is 1.90 bits per heavy atom. The summed E-state index contributed by atoms with van der Waals surface area (Å²) in [6.45, 7) is 3.01. The van der Waals surface area contributed by atoms with Crippen molar-refractivity contribution >= 4 is 38.6 Å². The molecule has 1 heterocycles. The van der Waals surface area contributed by atoms with Gasteiger partial charge in [-0.05, 0) is 77.5 Å². The summed E-state index contributed by atoms with van der Waals surface area (Å²) in [5.41, 5.74) is 10.0. The number of halogens is 1.